The third-order valence-corrected chi connectivity index (χ3v) is 7.81. The molecule has 0 atom stereocenters. The molecule has 0 aliphatic carbocycles. The number of anilines is 2. The van der Waals surface area contributed by atoms with E-state index in [1.807, 2.05) is 24.3 Å². The van der Waals surface area contributed by atoms with Crippen LogP contribution in [0.5, 0.6) is 0 Å². The molecular weight excluding hydrogens is 549 g/mol. The number of aromatic nitrogens is 2. The lowest BCUT2D eigenvalue weighted by Crippen LogP contribution is -2.46. The number of nitrogens with zero attached hydrogens (tertiary/aromatic N) is 4. The average molecular weight is 584 g/mol. The van der Waals surface area contributed by atoms with E-state index in [4.69, 9.17) is 14.7 Å². The number of halogens is 1. The van der Waals surface area contributed by atoms with Gasteiger partial charge < -0.3 is 15.0 Å². The van der Waals surface area contributed by atoms with Gasteiger partial charge in [-0.1, -0.05) is 66.4 Å². The highest BCUT2D eigenvalue weighted by Crippen LogP contribution is 2.24. The smallest absolute Gasteiger partial charge is 0.255 e. The Bertz CT molecular complexity index is 1480. The molecule has 1 amide bonds. The fraction of sp³-hybridized carbons (Fsp3) is 0.242. The lowest BCUT2D eigenvalue weighted by atomic mass is 10.1. The van der Waals surface area contributed by atoms with Crippen molar-refractivity contribution in [2.75, 3.05) is 50.1 Å². The summed E-state index contributed by atoms with van der Waals surface area (Å²) in [6, 6.07) is 25.5. The first-order valence-corrected chi connectivity index (χ1v) is 14.9. The molecule has 1 N–H and O–H groups in total. The van der Waals surface area contributed by atoms with Crippen LogP contribution in [0.3, 0.4) is 0 Å². The Labute approximate surface area is 250 Å². The van der Waals surface area contributed by atoms with Gasteiger partial charge in [-0.3, -0.25) is 9.69 Å². The van der Waals surface area contributed by atoms with Crippen molar-refractivity contribution in [1.82, 2.24) is 14.9 Å². The highest BCUT2D eigenvalue weighted by molar-refractivity contribution is 7.98. The summed E-state index contributed by atoms with van der Waals surface area (Å²) in [5, 5.41) is 3.48. The average Bonchev–Trinajstić information content (AvgIpc) is 3.02. The van der Waals surface area contributed by atoms with E-state index in [0.29, 0.717) is 28.8 Å². The highest BCUT2D eigenvalue weighted by Gasteiger charge is 2.19. The number of amides is 1. The van der Waals surface area contributed by atoms with Crippen LogP contribution in [0.25, 0.3) is 6.08 Å². The van der Waals surface area contributed by atoms with E-state index < -0.39 is 0 Å². The van der Waals surface area contributed by atoms with Crippen LogP contribution in [0.15, 0.2) is 96.2 Å². The van der Waals surface area contributed by atoms with Gasteiger partial charge in [-0.25, -0.2) is 14.4 Å². The Morgan fingerprint density at radius 3 is 2.43 bits per heavy atom. The Morgan fingerprint density at radius 2 is 1.71 bits per heavy atom. The molecule has 7 nitrogen and oxygen atoms in total. The predicted octanol–water partition coefficient (Wildman–Crippen LogP) is 6.14. The number of benzene rings is 3. The fourth-order valence-electron chi connectivity index (χ4n) is 4.61. The lowest BCUT2D eigenvalue weighted by Gasteiger charge is -2.35. The summed E-state index contributed by atoms with van der Waals surface area (Å²) in [6.07, 6.45) is 4.40. The summed E-state index contributed by atoms with van der Waals surface area (Å²) in [5.74, 6) is 1.00. The Kier molecular flexibility index (Phi) is 10.3. The molecule has 1 saturated heterocycles. The third kappa shape index (κ3) is 8.48. The van der Waals surface area contributed by atoms with Gasteiger partial charge in [0.15, 0.2) is 5.16 Å². The minimum Gasteiger partial charge on any atom is -0.378 e. The zero-order valence-electron chi connectivity index (χ0n) is 23.6. The van der Waals surface area contributed by atoms with Gasteiger partial charge in [0.05, 0.1) is 12.3 Å². The second-order valence-electron chi connectivity index (χ2n) is 9.98. The highest BCUT2D eigenvalue weighted by atomic mass is 32.2. The Hall–Kier alpha value is -4.05. The summed E-state index contributed by atoms with van der Waals surface area (Å²) in [6.45, 7) is 5.07. The summed E-state index contributed by atoms with van der Waals surface area (Å²) >= 11 is 1.56. The monoisotopic (exact) mass is 583 g/mol. The summed E-state index contributed by atoms with van der Waals surface area (Å²) in [4.78, 5) is 26.9. The van der Waals surface area contributed by atoms with Crippen LogP contribution >= 0.6 is 11.8 Å². The van der Waals surface area contributed by atoms with Crippen molar-refractivity contribution in [3.8, 4) is 0 Å². The molecule has 0 saturated carbocycles. The molecule has 1 fully saturated rings. The van der Waals surface area contributed by atoms with Gasteiger partial charge in [0.2, 0.25) is 0 Å². The molecule has 0 spiro atoms. The molecule has 1 aliphatic heterocycles. The molecular formula is C33H34FN5O2S. The molecule has 1 aliphatic rings. The summed E-state index contributed by atoms with van der Waals surface area (Å²) < 4.78 is 18.5. The minimum absolute atomic E-state index is 0.242. The number of hydrogen-bond donors (Lipinski definition) is 1. The van der Waals surface area contributed by atoms with E-state index in [2.05, 4.69) is 51.5 Å². The fourth-order valence-corrected chi connectivity index (χ4v) is 5.43. The standard InChI is InChI=1S/C33H34FN5O2S/c1-41-23-30-22-31(39-20-18-38(19-21-39)17-5-8-25-6-3-2-4-7-25)37-33(36-30)42-24-26-9-11-27(12-10-26)32(40)35-29-15-13-28(34)14-16-29/h2-16,22H,17-21,23-24H2,1H3,(H,35,40)/b8-5+. The van der Waals surface area contributed by atoms with Crippen molar-refractivity contribution in [1.29, 1.82) is 0 Å². The van der Waals surface area contributed by atoms with Crippen molar-refractivity contribution in [3.05, 3.63) is 119 Å². The van der Waals surface area contributed by atoms with Gasteiger partial charge >= 0.3 is 0 Å². The van der Waals surface area contributed by atoms with Crippen molar-refractivity contribution in [2.45, 2.75) is 17.5 Å². The van der Waals surface area contributed by atoms with E-state index in [1.54, 1.807) is 31.0 Å². The normalized spacial score (nSPS) is 13.9. The minimum atomic E-state index is -0.343. The SMILES string of the molecule is COCc1cc(N2CCN(C/C=C/c3ccccc3)CC2)nc(SCc2ccc(C(=O)Nc3ccc(F)cc3)cc2)n1. The molecule has 4 aromatic rings. The van der Waals surface area contributed by atoms with E-state index in [0.717, 1.165) is 49.8 Å². The van der Waals surface area contributed by atoms with E-state index >= 15 is 0 Å². The van der Waals surface area contributed by atoms with Crippen LogP contribution in [0.2, 0.25) is 0 Å². The topological polar surface area (TPSA) is 70.6 Å². The van der Waals surface area contributed by atoms with E-state index in [-0.39, 0.29) is 11.7 Å². The molecule has 2 heterocycles. The van der Waals surface area contributed by atoms with E-state index in [9.17, 15) is 9.18 Å². The van der Waals surface area contributed by atoms with Gasteiger partial charge in [-0.2, -0.15) is 0 Å². The number of hydrogen-bond acceptors (Lipinski definition) is 7. The maximum absolute atomic E-state index is 13.1. The molecule has 9 heteroatoms. The predicted molar refractivity (Wildman–Crippen MR) is 167 cm³/mol. The molecule has 216 valence electrons. The molecule has 0 bridgehead atoms. The van der Waals surface area contributed by atoms with Gasteiger partial charge in [-0.05, 0) is 47.5 Å². The van der Waals surface area contributed by atoms with Gasteiger partial charge in [0.1, 0.15) is 11.6 Å². The first kappa shape index (κ1) is 29.4. The number of carbonyl (C=O) groups is 1. The quantitative estimate of drug-likeness (QED) is 0.168. The van der Waals surface area contributed by atoms with Gasteiger partial charge in [-0.15, -0.1) is 0 Å². The summed E-state index contributed by atoms with van der Waals surface area (Å²) in [7, 11) is 1.67. The number of piperazine rings is 1. The second kappa shape index (κ2) is 14.7. The number of rotatable bonds is 11. The molecule has 0 unspecified atom stereocenters. The Morgan fingerprint density at radius 1 is 0.976 bits per heavy atom. The van der Waals surface area contributed by atoms with E-state index in [1.165, 1.54) is 29.8 Å². The number of carbonyl (C=O) groups excluding carboxylic acids is 1. The maximum atomic E-state index is 13.1. The van der Waals surface area contributed by atoms with Crippen molar-refractivity contribution in [2.24, 2.45) is 0 Å². The maximum Gasteiger partial charge on any atom is 0.255 e. The zero-order chi connectivity index (χ0) is 29.1. The van der Waals surface area contributed by atoms with Crippen LogP contribution in [0.1, 0.15) is 27.2 Å². The summed E-state index contributed by atoms with van der Waals surface area (Å²) in [5.41, 5.74) is 4.20. The van der Waals surface area contributed by atoms with Gasteiger partial charge in [0.25, 0.3) is 5.91 Å². The third-order valence-electron chi connectivity index (χ3n) is 6.89. The van der Waals surface area contributed by atoms with Crippen LogP contribution in [-0.4, -0.2) is 60.6 Å². The number of methoxy groups -OCH3 is 1. The zero-order valence-corrected chi connectivity index (χ0v) is 24.4. The Balaban J connectivity index is 1.16. The van der Waals surface area contributed by atoms with Crippen LogP contribution in [0.4, 0.5) is 15.9 Å². The molecule has 0 radical (unpaired) electrons. The largest absolute Gasteiger partial charge is 0.378 e. The molecule has 1 aromatic heterocycles. The number of nitrogens with one attached hydrogen (secondary N) is 1. The molecule has 5 rings (SSSR count). The van der Waals surface area contributed by atoms with Crippen LogP contribution < -0.4 is 10.2 Å². The van der Waals surface area contributed by atoms with Crippen LogP contribution in [0, 0.1) is 5.82 Å². The first-order chi connectivity index (χ1) is 20.6. The second-order valence-corrected chi connectivity index (χ2v) is 10.9. The molecule has 3 aromatic carbocycles. The molecule has 42 heavy (non-hydrogen) atoms. The van der Waals surface area contributed by atoms with Crippen LogP contribution in [-0.2, 0) is 17.1 Å². The first-order valence-electron chi connectivity index (χ1n) is 13.9. The number of thioether (sulfide) groups is 1. The lowest BCUT2D eigenvalue weighted by molar-refractivity contribution is 0.102. The van der Waals surface area contributed by atoms with Gasteiger partial charge in [0, 0.05) is 62.9 Å². The van der Waals surface area contributed by atoms with Crippen molar-refractivity contribution < 1.29 is 13.9 Å². The van der Waals surface area contributed by atoms with Crippen molar-refractivity contribution in [3.63, 3.8) is 0 Å². The number of ether oxygens (including phenoxy) is 1. The van der Waals surface area contributed by atoms with Crippen molar-refractivity contribution >= 4 is 35.3 Å².